The summed E-state index contributed by atoms with van der Waals surface area (Å²) in [5, 5.41) is 0. The highest BCUT2D eigenvalue weighted by atomic mass is 15.1. The maximum absolute atomic E-state index is 5.71. The smallest absolute Gasteiger partial charge is 0.0220 e. The second-order valence-electron chi connectivity index (χ2n) is 4.73. The number of hydrogen-bond donors (Lipinski definition) is 1. The van der Waals surface area contributed by atoms with Gasteiger partial charge in [0.05, 0.1) is 0 Å². The SMILES string of the molecule is CCN(C)C(CN)CC(C)(C)C. The number of nitrogens with zero attached hydrogens (tertiary/aromatic N) is 1. The molecule has 2 heteroatoms. The van der Waals surface area contributed by atoms with Crippen molar-refractivity contribution in [2.45, 2.75) is 40.2 Å². The summed E-state index contributed by atoms with van der Waals surface area (Å²) < 4.78 is 0. The third kappa shape index (κ3) is 4.73. The van der Waals surface area contributed by atoms with Crippen LogP contribution in [0, 0.1) is 5.41 Å². The molecule has 0 amide bonds. The Bertz CT molecular complexity index is 115. The van der Waals surface area contributed by atoms with Gasteiger partial charge < -0.3 is 10.6 Å². The van der Waals surface area contributed by atoms with Crippen LogP contribution in [0.5, 0.6) is 0 Å². The summed E-state index contributed by atoms with van der Waals surface area (Å²) in [6.07, 6.45) is 1.17. The second-order valence-corrected chi connectivity index (χ2v) is 4.73. The maximum Gasteiger partial charge on any atom is 0.0220 e. The van der Waals surface area contributed by atoms with E-state index >= 15 is 0 Å². The monoisotopic (exact) mass is 172 g/mol. The molecule has 0 aromatic rings. The zero-order chi connectivity index (χ0) is 9.78. The normalized spacial score (nSPS) is 15.2. The zero-order valence-corrected chi connectivity index (χ0v) is 9.22. The molecular weight excluding hydrogens is 148 g/mol. The summed E-state index contributed by atoms with van der Waals surface area (Å²) in [4.78, 5) is 2.32. The molecule has 0 aromatic heterocycles. The van der Waals surface area contributed by atoms with Crippen molar-refractivity contribution in [1.82, 2.24) is 4.90 Å². The maximum atomic E-state index is 5.71. The van der Waals surface area contributed by atoms with Crippen LogP contribution in [0.4, 0.5) is 0 Å². The van der Waals surface area contributed by atoms with Crippen molar-refractivity contribution in [2.24, 2.45) is 11.1 Å². The van der Waals surface area contributed by atoms with Gasteiger partial charge in [0.1, 0.15) is 0 Å². The van der Waals surface area contributed by atoms with Crippen molar-refractivity contribution in [3.05, 3.63) is 0 Å². The van der Waals surface area contributed by atoms with E-state index in [1.54, 1.807) is 0 Å². The van der Waals surface area contributed by atoms with Gasteiger partial charge in [-0.15, -0.1) is 0 Å². The molecule has 0 aliphatic heterocycles. The van der Waals surface area contributed by atoms with E-state index in [9.17, 15) is 0 Å². The van der Waals surface area contributed by atoms with Crippen LogP contribution in [0.25, 0.3) is 0 Å². The van der Waals surface area contributed by atoms with Crippen molar-refractivity contribution in [3.8, 4) is 0 Å². The number of hydrogen-bond acceptors (Lipinski definition) is 2. The summed E-state index contributed by atoms with van der Waals surface area (Å²) in [7, 11) is 2.14. The Morgan fingerprint density at radius 1 is 1.33 bits per heavy atom. The van der Waals surface area contributed by atoms with E-state index in [4.69, 9.17) is 5.73 Å². The zero-order valence-electron chi connectivity index (χ0n) is 9.22. The summed E-state index contributed by atoms with van der Waals surface area (Å²) >= 11 is 0. The van der Waals surface area contributed by atoms with E-state index in [0.29, 0.717) is 11.5 Å². The third-order valence-electron chi connectivity index (χ3n) is 2.24. The van der Waals surface area contributed by atoms with E-state index in [2.05, 4.69) is 39.6 Å². The van der Waals surface area contributed by atoms with Crippen LogP contribution in [-0.2, 0) is 0 Å². The largest absolute Gasteiger partial charge is 0.329 e. The lowest BCUT2D eigenvalue weighted by molar-refractivity contribution is 0.191. The minimum absolute atomic E-state index is 0.382. The Kier molecular flexibility index (Phi) is 4.80. The van der Waals surface area contributed by atoms with Gasteiger partial charge in [-0.05, 0) is 25.4 Å². The van der Waals surface area contributed by atoms with Crippen molar-refractivity contribution in [1.29, 1.82) is 0 Å². The molecule has 74 valence electrons. The van der Waals surface area contributed by atoms with Gasteiger partial charge in [0.15, 0.2) is 0 Å². The van der Waals surface area contributed by atoms with E-state index < -0.39 is 0 Å². The lowest BCUT2D eigenvalue weighted by Crippen LogP contribution is -2.40. The third-order valence-corrected chi connectivity index (χ3v) is 2.24. The fourth-order valence-corrected chi connectivity index (χ4v) is 1.38. The molecule has 1 atom stereocenters. The molecule has 0 heterocycles. The Balaban J connectivity index is 3.99. The van der Waals surface area contributed by atoms with Gasteiger partial charge in [0.2, 0.25) is 0 Å². The van der Waals surface area contributed by atoms with Gasteiger partial charge in [-0.1, -0.05) is 27.7 Å². The average molecular weight is 172 g/mol. The quantitative estimate of drug-likeness (QED) is 0.699. The van der Waals surface area contributed by atoms with Crippen LogP contribution in [0.15, 0.2) is 0 Å². The van der Waals surface area contributed by atoms with Crippen molar-refractivity contribution < 1.29 is 0 Å². The molecule has 2 N–H and O–H groups in total. The number of rotatable bonds is 4. The molecule has 1 unspecified atom stereocenters. The van der Waals surface area contributed by atoms with E-state index in [1.807, 2.05) is 0 Å². The standard InChI is InChI=1S/C10H24N2/c1-6-12(5)9(8-11)7-10(2,3)4/h9H,6-8,11H2,1-5H3. The fraction of sp³-hybridized carbons (Fsp3) is 1.00. The summed E-state index contributed by atoms with van der Waals surface area (Å²) in [6, 6.07) is 0.537. The first-order chi connectivity index (χ1) is 5.40. The average Bonchev–Trinajstić information content (AvgIpc) is 1.97. The molecule has 0 aliphatic carbocycles. The van der Waals surface area contributed by atoms with E-state index in [0.717, 1.165) is 13.1 Å². The Hall–Kier alpha value is -0.0800. The minimum Gasteiger partial charge on any atom is -0.329 e. The molecule has 0 spiro atoms. The van der Waals surface area contributed by atoms with Gasteiger partial charge in [0, 0.05) is 12.6 Å². The van der Waals surface area contributed by atoms with Crippen LogP contribution in [-0.4, -0.2) is 31.1 Å². The first-order valence-corrected chi connectivity index (χ1v) is 4.81. The summed E-state index contributed by atoms with van der Waals surface area (Å²) in [5.74, 6) is 0. The van der Waals surface area contributed by atoms with Gasteiger partial charge in [0.25, 0.3) is 0 Å². The van der Waals surface area contributed by atoms with E-state index in [1.165, 1.54) is 6.42 Å². The molecule has 2 nitrogen and oxygen atoms in total. The molecule has 0 aliphatic rings. The van der Waals surface area contributed by atoms with Gasteiger partial charge in [-0.3, -0.25) is 0 Å². The highest BCUT2D eigenvalue weighted by Gasteiger charge is 2.19. The minimum atomic E-state index is 0.382. The van der Waals surface area contributed by atoms with Gasteiger partial charge >= 0.3 is 0 Å². The van der Waals surface area contributed by atoms with Crippen LogP contribution in [0.2, 0.25) is 0 Å². The van der Waals surface area contributed by atoms with Gasteiger partial charge in [-0.2, -0.15) is 0 Å². The summed E-state index contributed by atoms with van der Waals surface area (Å²) in [6.45, 7) is 10.8. The fourth-order valence-electron chi connectivity index (χ4n) is 1.38. The molecule has 0 fully saturated rings. The van der Waals surface area contributed by atoms with Crippen molar-refractivity contribution in [3.63, 3.8) is 0 Å². The van der Waals surface area contributed by atoms with E-state index in [-0.39, 0.29) is 0 Å². The predicted molar refractivity (Wildman–Crippen MR) is 55.2 cm³/mol. The lowest BCUT2D eigenvalue weighted by atomic mass is 9.87. The Morgan fingerprint density at radius 2 is 1.83 bits per heavy atom. The first-order valence-electron chi connectivity index (χ1n) is 4.81. The van der Waals surface area contributed by atoms with Crippen LogP contribution < -0.4 is 5.73 Å². The Labute approximate surface area is 77.1 Å². The summed E-state index contributed by atoms with van der Waals surface area (Å²) in [5.41, 5.74) is 6.10. The molecule has 0 saturated heterocycles. The molecule has 12 heavy (non-hydrogen) atoms. The second kappa shape index (κ2) is 4.83. The Morgan fingerprint density at radius 3 is 2.08 bits per heavy atom. The van der Waals surface area contributed by atoms with Crippen molar-refractivity contribution >= 4 is 0 Å². The molecule has 0 radical (unpaired) electrons. The predicted octanol–water partition coefficient (Wildman–Crippen LogP) is 1.70. The first kappa shape index (κ1) is 11.9. The highest BCUT2D eigenvalue weighted by Crippen LogP contribution is 2.22. The van der Waals surface area contributed by atoms with Crippen LogP contribution in [0.3, 0.4) is 0 Å². The van der Waals surface area contributed by atoms with Crippen molar-refractivity contribution in [2.75, 3.05) is 20.1 Å². The van der Waals surface area contributed by atoms with Crippen LogP contribution in [0.1, 0.15) is 34.1 Å². The van der Waals surface area contributed by atoms with Gasteiger partial charge in [-0.25, -0.2) is 0 Å². The van der Waals surface area contributed by atoms with Crippen LogP contribution >= 0.6 is 0 Å². The molecule has 0 saturated carbocycles. The molecule has 0 rings (SSSR count). The molecule has 0 bridgehead atoms. The molecule has 0 aromatic carbocycles. The molecular formula is C10H24N2. The topological polar surface area (TPSA) is 29.3 Å². The lowest BCUT2D eigenvalue weighted by Gasteiger charge is -2.31. The highest BCUT2D eigenvalue weighted by molar-refractivity contribution is 4.75. The number of likely N-dealkylation sites (N-methyl/N-ethyl adjacent to an activating group) is 1. The number of nitrogens with two attached hydrogens (primary N) is 1.